The van der Waals surface area contributed by atoms with Gasteiger partial charge in [0.2, 0.25) is 0 Å². The number of fused-ring (bicyclic) bond motifs is 3. The number of carbonyl (C=O) groups excluding carboxylic acids is 1. The van der Waals surface area contributed by atoms with Gasteiger partial charge in [-0.25, -0.2) is 0 Å². The molecule has 1 saturated carbocycles. The van der Waals surface area contributed by atoms with Crippen molar-refractivity contribution in [1.29, 1.82) is 0 Å². The third-order valence-electron chi connectivity index (χ3n) is 7.13. The largest absolute Gasteiger partial charge is 0.494 e. The second-order valence-corrected chi connectivity index (χ2v) is 9.06. The van der Waals surface area contributed by atoms with E-state index in [2.05, 4.69) is 53.1 Å². The first-order chi connectivity index (χ1) is 15.2. The van der Waals surface area contributed by atoms with Gasteiger partial charge < -0.3 is 15.4 Å². The molecule has 0 aromatic heterocycles. The monoisotopic (exact) mass is 416 g/mol. The first kappa shape index (κ1) is 20.2. The van der Waals surface area contributed by atoms with E-state index in [4.69, 9.17) is 4.74 Å². The minimum absolute atomic E-state index is 0.0575. The lowest BCUT2D eigenvalue weighted by Crippen LogP contribution is -2.37. The van der Waals surface area contributed by atoms with E-state index in [1.54, 1.807) is 0 Å². The van der Waals surface area contributed by atoms with Gasteiger partial charge in [0, 0.05) is 12.0 Å². The normalized spacial score (nSPS) is 24.7. The smallest absolute Gasteiger partial charge is 0.253 e. The van der Waals surface area contributed by atoms with Crippen molar-refractivity contribution in [3.8, 4) is 5.75 Å². The van der Waals surface area contributed by atoms with Gasteiger partial charge >= 0.3 is 0 Å². The number of anilines is 1. The average Bonchev–Trinajstić information content (AvgIpc) is 3.30. The summed E-state index contributed by atoms with van der Waals surface area (Å²) < 4.78 is 5.63. The van der Waals surface area contributed by atoms with E-state index in [0.717, 1.165) is 36.3 Å². The summed E-state index contributed by atoms with van der Waals surface area (Å²) in [5.74, 6) is 1.76. The van der Waals surface area contributed by atoms with Gasteiger partial charge in [-0.05, 0) is 61.4 Å². The minimum atomic E-state index is 0.0575. The lowest BCUT2D eigenvalue weighted by atomic mass is 9.76. The van der Waals surface area contributed by atoms with Crippen molar-refractivity contribution in [2.24, 2.45) is 5.92 Å². The molecule has 0 radical (unpaired) electrons. The molecule has 0 spiro atoms. The molecule has 2 N–H and O–H groups in total. The molecular formula is C27H32N2O2. The Labute approximate surface area is 185 Å². The molecule has 31 heavy (non-hydrogen) atoms. The maximum atomic E-state index is 13.3. The zero-order valence-corrected chi connectivity index (χ0v) is 18.3. The zero-order valence-electron chi connectivity index (χ0n) is 18.3. The molecule has 1 aliphatic heterocycles. The predicted octanol–water partition coefficient (Wildman–Crippen LogP) is 5.97. The van der Waals surface area contributed by atoms with Crippen LogP contribution in [0.4, 0.5) is 5.69 Å². The molecule has 2 aliphatic carbocycles. The highest BCUT2D eigenvalue weighted by atomic mass is 16.5. The Balaban J connectivity index is 1.45. The Morgan fingerprint density at radius 1 is 1.10 bits per heavy atom. The molecule has 0 saturated heterocycles. The fraction of sp³-hybridized carbons (Fsp3) is 0.444. The van der Waals surface area contributed by atoms with Crippen molar-refractivity contribution >= 4 is 11.6 Å². The van der Waals surface area contributed by atoms with Crippen LogP contribution in [-0.2, 0) is 0 Å². The predicted molar refractivity (Wildman–Crippen MR) is 125 cm³/mol. The Morgan fingerprint density at radius 2 is 1.90 bits per heavy atom. The van der Waals surface area contributed by atoms with Gasteiger partial charge in [0.1, 0.15) is 5.75 Å². The first-order valence-corrected chi connectivity index (χ1v) is 11.8. The van der Waals surface area contributed by atoms with Gasteiger partial charge in [-0.3, -0.25) is 4.79 Å². The summed E-state index contributed by atoms with van der Waals surface area (Å²) in [4.78, 5) is 13.3. The third kappa shape index (κ3) is 3.96. The van der Waals surface area contributed by atoms with Crippen LogP contribution in [0.2, 0.25) is 0 Å². The number of hydrogen-bond donors (Lipinski definition) is 2. The molecule has 1 fully saturated rings. The summed E-state index contributed by atoms with van der Waals surface area (Å²) >= 11 is 0. The first-order valence-electron chi connectivity index (χ1n) is 11.8. The van der Waals surface area contributed by atoms with Crippen molar-refractivity contribution in [3.05, 3.63) is 71.3 Å². The molecule has 1 amide bonds. The van der Waals surface area contributed by atoms with Gasteiger partial charge in [0.05, 0.1) is 23.9 Å². The summed E-state index contributed by atoms with van der Waals surface area (Å²) in [6.07, 6.45) is 11.6. The van der Waals surface area contributed by atoms with Crippen LogP contribution < -0.4 is 15.4 Å². The highest BCUT2D eigenvalue weighted by molar-refractivity contribution is 6.01. The van der Waals surface area contributed by atoms with E-state index in [-0.39, 0.29) is 11.9 Å². The van der Waals surface area contributed by atoms with E-state index >= 15 is 0 Å². The van der Waals surface area contributed by atoms with Crippen molar-refractivity contribution in [2.45, 2.75) is 63.5 Å². The summed E-state index contributed by atoms with van der Waals surface area (Å²) in [5, 5.41) is 7.09. The van der Waals surface area contributed by atoms with Gasteiger partial charge in [-0.15, -0.1) is 0 Å². The minimum Gasteiger partial charge on any atom is -0.494 e. The molecule has 3 unspecified atom stereocenters. The summed E-state index contributed by atoms with van der Waals surface area (Å²) in [7, 11) is 0. The molecule has 3 atom stereocenters. The quantitative estimate of drug-likeness (QED) is 0.590. The number of allylic oxidation sites excluding steroid dienone is 2. The van der Waals surface area contributed by atoms with Crippen LogP contribution in [0.5, 0.6) is 5.75 Å². The lowest BCUT2D eigenvalue weighted by molar-refractivity contribution is 0.0928. The maximum absolute atomic E-state index is 13.3. The Morgan fingerprint density at radius 3 is 2.68 bits per heavy atom. The SMILES string of the molecule is CCOc1ccc(C2Nc3c(C(=O)NC4CCCCC4)cccc3C3C=CCC32)cc1. The lowest BCUT2D eigenvalue weighted by Gasteiger charge is -2.38. The highest BCUT2D eigenvalue weighted by Gasteiger charge is 2.39. The third-order valence-corrected chi connectivity index (χ3v) is 7.13. The number of benzene rings is 2. The van der Waals surface area contributed by atoms with Crippen molar-refractivity contribution in [2.75, 3.05) is 11.9 Å². The highest BCUT2D eigenvalue weighted by Crippen LogP contribution is 2.50. The molecule has 4 heteroatoms. The van der Waals surface area contributed by atoms with Crippen LogP contribution in [-0.4, -0.2) is 18.6 Å². The van der Waals surface area contributed by atoms with Crippen LogP contribution in [0.1, 0.15) is 78.9 Å². The second-order valence-electron chi connectivity index (χ2n) is 9.06. The second kappa shape index (κ2) is 8.78. The number of para-hydroxylation sites is 1. The number of amides is 1. The zero-order chi connectivity index (χ0) is 21.2. The number of nitrogens with one attached hydrogen (secondary N) is 2. The molecule has 162 valence electrons. The van der Waals surface area contributed by atoms with Gasteiger partial charge in [0.25, 0.3) is 5.91 Å². The van der Waals surface area contributed by atoms with E-state index in [1.807, 2.05) is 19.1 Å². The van der Waals surface area contributed by atoms with Gasteiger partial charge in [-0.1, -0.05) is 55.7 Å². The maximum Gasteiger partial charge on any atom is 0.253 e. The molecule has 2 aromatic rings. The molecule has 3 aliphatic rings. The molecule has 4 nitrogen and oxygen atoms in total. The van der Waals surface area contributed by atoms with E-state index in [1.165, 1.54) is 30.4 Å². The summed E-state index contributed by atoms with van der Waals surface area (Å²) in [6, 6.07) is 15.1. The van der Waals surface area contributed by atoms with Crippen LogP contribution >= 0.6 is 0 Å². The number of ether oxygens (including phenoxy) is 1. The Hall–Kier alpha value is -2.75. The van der Waals surface area contributed by atoms with Gasteiger partial charge in [0.15, 0.2) is 0 Å². The van der Waals surface area contributed by atoms with Gasteiger partial charge in [-0.2, -0.15) is 0 Å². The fourth-order valence-electron chi connectivity index (χ4n) is 5.59. The standard InChI is InChI=1S/C27H32N2O2/c1-2-31-20-16-14-18(15-17-20)25-22-11-6-10-21(22)23-12-7-13-24(26(23)29-25)27(30)28-19-8-4-3-5-9-19/h6-7,10,12-17,19,21-22,25,29H,2-5,8-9,11H2,1H3,(H,28,30). The van der Waals surface area contributed by atoms with Crippen molar-refractivity contribution in [1.82, 2.24) is 5.32 Å². The van der Waals surface area contributed by atoms with E-state index in [0.29, 0.717) is 24.5 Å². The molecule has 1 heterocycles. The number of rotatable bonds is 5. The Kier molecular flexibility index (Phi) is 5.71. The van der Waals surface area contributed by atoms with Crippen LogP contribution in [0.15, 0.2) is 54.6 Å². The average molecular weight is 417 g/mol. The van der Waals surface area contributed by atoms with E-state index in [9.17, 15) is 4.79 Å². The number of carbonyl (C=O) groups is 1. The Bertz CT molecular complexity index is 960. The van der Waals surface area contributed by atoms with Crippen LogP contribution in [0.3, 0.4) is 0 Å². The van der Waals surface area contributed by atoms with Crippen LogP contribution in [0.25, 0.3) is 0 Å². The van der Waals surface area contributed by atoms with Crippen LogP contribution in [0, 0.1) is 5.92 Å². The molecular weight excluding hydrogens is 384 g/mol. The number of hydrogen-bond acceptors (Lipinski definition) is 3. The van der Waals surface area contributed by atoms with Crippen molar-refractivity contribution in [3.63, 3.8) is 0 Å². The molecule has 0 bridgehead atoms. The summed E-state index contributed by atoms with van der Waals surface area (Å²) in [5.41, 5.74) is 4.27. The fourth-order valence-corrected chi connectivity index (χ4v) is 5.59. The van der Waals surface area contributed by atoms with Crippen molar-refractivity contribution < 1.29 is 9.53 Å². The molecule has 5 rings (SSSR count). The van der Waals surface area contributed by atoms with E-state index < -0.39 is 0 Å². The topological polar surface area (TPSA) is 50.4 Å². The molecule has 2 aromatic carbocycles. The summed E-state index contributed by atoms with van der Waals surface area (Å²) in [6.45, 7) is 2.67.